The Morgan fingerprint density at radius 3 is 2.44 bits per heavy atom. The van der Waals surface area contributed by atoms with Crippen molar-refractivity contribution in [2.75, 3.05) is 39.4 Å². The molecule has 0 spiro atoms. The molecule has 18 heavy (non-hydrogen) atoms. The lowest BCUT2D eigenvalue weighted by molar-refractivity contribution is -0.0141. The average molecular weight is 256 g/mol. The van der Waals surface area contributed by atoms with E-state index in [-0.39, 0.29) is 6.61 Å². The molecule has 4 heteroatoms. The molecular weight excluding hydrogens is 228 g/mol. The number of piperidine rings is 1. The highest BCUT2D eigenvalue weighted by molar-refractivity contribution is 4.89. The van der Waals surface area contributed by atoms with Crippen LogP contribution in [-0.4, -0.2) is 55.5 Å². The summed E-state index contributed by atoms with van der Waals surface area (Å²) in [5.41, 5.74) is 6.40. The predicted octanol–water partition coefficient (Wildman–Crippen LogP) is 0.979. The average Bonchev–Trinajstić information content (AvgIpc) is 2.87. The van der Waals surface area contributed by atoms with Crippen LogP contribution in [0.2, 0.25) is 0 Å². The fourth-order valence-corrected chi connectivity index (χ4v) is 3.48. The molecule has 1 heterocycles. The standard InChI is InChI=1S/C14H28N2O2/c15-11-14(5-1-2-6-14)12-16-7-3-13(4-8-16)18-10-9-17/h13,17H,1-12,15H2. The van der Waals surface area contributed by atoms with Gasteiger partial charge in [-0.05, 0) is 37.6 Å². The van der Waals surface area contributed by atoms with Gasteiger partial charge >= 0.3 is 0 Å². The molecule has 0 aromatic heterocycles. The van der Waals surface area contributed by atoms with E-state index in [4.69, 9.17) is 15.6 Å². The normalized spacial score (nSPS) is 25.7. The van der Waals surface area contributed by atoms with Gasteiger partial charge in [0.15, 0.2) is 0 Å². The maximum Gasteiger partial charge on any atom is 0.0701 e. The second kappa shape index (κ2) is 6.85. The van der Waals surface area contributed by atoms with Crippen LogP contribution < -0.4 is 5.73 Å². The number of hydrogen-bond donors (Lipinski definition) is 2. The van der Waals surface area contributed by atoms with Gasteiger partial charge in [0.1, 0.15) is 0 Å². The second-order valence-corrected chi connectivity index (χ2v) is 5.98. The zero-order valence-corrected chi connectivity index (χ0v) is 11.4. The summed E-state index contributed by atoms with van der Waals surface area (Å²) in [7, 11) is 0. The second-order valence-electron chi connectivity index (χ2n) is 5.98. The van der Waals surface area contributed by atoms with Crippen LogP contribution in [0.1, 0.15) is 38.5 Å². The van der Waals surface area contributed by atoms with Crippen molar-refractivity contribution in [2.24, 2.45) is 11.1 Å². The van der Waals surface area contributed by atoms with Crippen molar-refractivity contribution in [3.8, 4) is 0 Å². The fourth-order valence-electron chi connectivity index (χ4n) is 3.48. The Morgan fingerprint density at radius 1 is 1.22 bits per heavy atom. The Balaban J connectivity index is 1.72. The molecule has 0 amide bonds. The van der Waals surface area contributed by atoms with Gasteiger partial charge < -0.3 is 20.5 Å². The van der Waals surface area contributed by atoms with Crippen LogP contribution >= 0.6 is 0 Å². The molecule has 2 aliphatic rings. The number of nitrogens with two attached hydrogens (primary N) is 1. The quantitative estimate of drug-likeness (QED) is 0.744. The number of rotatable bonds is 6. The molecule has 0 aromatic rings. The molecular formula is C14H28N2O2. The van der Waals surface area contributed by atoms with Crippen molar-refractivity contribution in [1.82, 2.24) is 4.90 Å². The fraction of sp³-hybridized carbons (Fsp3) is 1.00. The monoisotopic (exact) mass is 256 g/mol. The van der Waals surface area contributed by atoms with Gasteiger partial charge in [-0.15, -0.1) is 0 Å². The minimum Gasteiger partial charge on any atom is -0.394 e. The Kier molecular flexibility index (Phi) is 5.42. The lowest BCUT2D eigenvalue weighted by atomic mass is 9.85. The molecule has 2 rings (SSSR count). The maximum absolute atomic E-state index is 8.76. The van der Waals surface area contributed by atoms with E-state index in [1.165, 1.54) is 32.2 Å². The first-order valence-corrected chi connectivity index (χ1v) is 7.43. The van der Waals surface area contributed by atoms with Gasteiger partial charge in [0.05, 0.1) is 19.3 Å². The summed E-state index contributed by atoms with van der Waals surface area (Å²) in [5.74, 6) is 0. The topological polar surface area (TPSA) is 58.7 Å². The zero-order chi connectivity index (χ0) is 12.8. The van der Waals surface area contributed by atoms with E-state index in [0.29, 0.717) is 18.1 Å². The van der Waals surface area contributed by atoms with Crippen molar-refractivity contribution in [1.29, 1.82) is 0 Å². The summed E-state index contributed by atoms with van der Waals surface area (Å²) in [5, 5.41) is 8.76. The molecule has 0 aromatic carbocycles. The molecule has 2 fully saturated rings. The summed E-state index contributed by atoms with van der Waals surface area (Å²) < 4.78 is 5.60. The van der Waals surface area contributed by atoms with E-state index in [9.17, 15) is 0 Å². The van der Waals surface area contributed by atoms with Gasteiger partial charge in [-0.2, -0.15) is 0 Å². The molecule has 3 N–H and O–H groups in total. The Labute approximate surface area is 110 Å². The van der Waals surface area contributed by atoms with E-state index in [1.54, 1.807) is 0 Å². The Morgan fingerprint density at radius 2 is 1.89 bits per heavy atom. The van der Waals surface area contributed by atoms with Crippen molar-refractivity contribution in [2.45, 2.75) is 44.6 Å². The van der Waals surface area contributed by atoms with Crippen LogP contribution in [0.3, 0.4) is 0 Å². The number of hydrogen-bond acceptors (Lipinski definition) is 4. The maximum atomic E-state index is 8.76. The first-order valence-electron chi connectivity index (χ1n) is 7.43. The third-order valence-corrected chi connectivity index (χ3v) is 4.64. The van der Waals surface area contributed by atoms with Crippen LogP contribution in [-0.2, 0) is 4.74 Å². The first-order chi connectivity index (χ1) is 8.78. The summed E-state index contributed by atoms with van der Waals surface area (Å²) in [6.07, 6.45) is 7.88. The third-order valence-electron chi connectivity index (χ3n) is 4.64. The minimum absolute atomic E-state index is 0.135. The number of nitrogens with zero attached hydrogens (tertiary/aromatic N) is 1. The number of aliphatic hydroxyl groups excluding tert-OH is 1. The molecule has 1 saturated heterocycles. The van der Waals surface area contributed by atoms with Gasteiger partial charge in [-0.3, -0.25) is 0 Å². The van der Waals surface area contributed by atoms with Crippen molar-refractivity contribution in [3.63, 3.8) is 0 Å². The molecule has 0 unspecified atom stereocenters. The molecule has 1 saturated carbocycles. The minimum atomic E-state index is 0.135. The molecule has 106 valence electrons. The van der Waals surface area contributed by atoms with Crippen LogP contribution in [0.25, 0.3) is 0 Å². The summed E-state index contributed by atoms with van der Waals surface area (Å²) in [6.45, 7) is 4.88. The number of ether oxygens (including phenoxy) is 1. The van der Waals surface area contributed by atoms with E-state index >= 15 is 0 Å². The van der Waals surface area contributed by atoms with Crippen LogP contribution in [0, 0.1) is 5.41 Å². The van der Waals surface area contributed by atoms with Gasteiger partial charge in [0.25, 0.3) is 0 Å². The van der Waals surface area contributed by atoms with E-state index in [0.717, 1.165) is 32.5 Å². The zero-order valence-electron chi connectivity index (χ0n) is 11.4. The van der Waals surface area contributed by atoms with Crippen LogP contribution in [0.15, 0.2) is 0 Å². The summed E-state index contributed by atoms with van der Waals surface area (Å²) in [6, 6.07) is 0. The van der Waals surface area contributed by atoms with Crippen molar-refractivity contribution < 1.29 is 9.84 Å². The van der Waals surface area contributed by atoms with Gasteiger partial charge in [-0.1, -0.05) is 12.8 Å². The highest BCUT2D eigenvalue weighted by atomic mass is 16.5. The van der Waals surface area contributed by atoms with E-state index in [2.05, 4.69) is 4.90 Å². The van der Waals surface area contributed by atoms with Gasteiger partial charge in [-0.25, -0.2) is 0 Å². The Hall–Kier alpha value is -0.160. The predicted molar refractivity (Wildman–Crippen MR) is 72.5 cm³/mol. The van der Waals surface area contributed by atoms with E-state index in [1.807, 2.05) is 0 Å². The van der Waals surface area contributed by atoms with Crippen LogP contribution in [0.5, 0.6) is 0 Å². The highest BCUT2D eigenvalue weighted by Crippen LogP contribution is 2.38. The molecule has 4 nitrogen and oxygen atoms in total. The molecule has 0 bridgehead atoms. The molecule has 1 aliphatic heterocycles. The third kappa shape index (κ3) is 3.67. The molecule has 1 aliphatic carbocycles. The van der Waals surface area contributed by atoms with Gasteiger partial charge in [0.2, 0.25) is 0 Å². The summed E-state index contributed by atoms with van der Waals surface area (Å²) in [4.78, 5) is 2.57. The SMILES string of the molecule is NCC1(CN2CCC(OCCO)CC2)CCCC1. The molecule has 0 radical (unpaired) electrons. The highest BCUT2D eigenvalue weighted by Gasteiger charge is 2.35. The lowest BCUT2D eigenvalue weighted by Gasteiger charge is -2.38. The van der Waals surface area contributed by atoms with Gasteiger partial charge in [0, 0.05) is 19.6 Å². The smallest absolute Gasteiger partial charge is 0.0701 e. The first kappa shape index (κ1) is 14.3. The lowest BCUT2D eigenvalue weighted by Crippen LogP contribution is -2.45. The van der Waals surface area contributed by atoms with Crippen molar-refractivity contribution in [3.05, 3.63) is 0 Å². The largest absolute Gasteiger partial charge is 0.394 e. The van der Waals surface area contributed by atoms with Crippen LogP contribution in [0.4, 0.5) is 0 Å². The number of aliphatic hydroxyl groups is 1. The molecule has 0 atom stereocenters. The Bertz CT molecular complexity index is 234. The summed E-state index contributed by atoms with van der Waals surface area (Å²) >= 11 is 0. The van der Waals surface area contributed by atoms with E-state index < -0.39 is 0 Å². The van der Waals surface area contributed by atoms with Crippen molar-refractivity contribution >= 4 is 0 Å². The number of likely N-dealkylation sites (tertiary alicyclic amines) is 1.